The van der Waals surface area contributed by atoms with Gasteiger partial charge < -0.3 is 5.32 Å². The third-order valence-corrected chi connectivity index (χ3v) is 3.49. The molecule has 3 heteroatoms. The van der Waals surface area contributed by atoms with Gasteiger partial charge in [0.2, 0.25) is 0 Å². The highest BCUT2D eigenvalue weighted by molar-refractivity contribution is 6.31. The van der Waals surface area contributed by atoms with Gasteiger partial charge in [-0.25, -0.2) is 0 Å². The van der Waals surface area contributed by atoms with Crippen molar-refractivity contribution in [3.8, 4) is 0 Å². The Kier molecular flexibility index (Phi) is 4.23. The number of hydrogen-bond acceptors (Lipinski definition) is 1. The fourth-order valence-electron chi connectivity index (χ4n) is 1.84. The van der Waals surface area contributed by atoms with E-state index in [-0.39, 0.29) is 11.9 Å². The lowest BCUT2D eigenvalue weighted by molar-refractivity contribution is 0.0940. The first-order valence-electron chi connectivity index (χ1n) is 6.20. The zero-order valence-electron chi connectivity index (χ0n) is 11.0. The van der Waals surface area contributed by atoms with Gasteiger partial charge in [-0.3, -0.25) is 4.79 Å². The van der Waals surface area contributed by atoms with Gasteiger partial charge in [-0.05, 0) is 37.1 Å². The Bertz CT molecular complexity index is 581. The summed E-state index contributed by atoms with van der Waals surface area (Å²) in [6, 6.07) is 15.2. The third kappa shape index (κ3) is 3.36. The van der Waals surface area contributed by atoms with Gasteiger partial charge in [-0.1, -0.05) is 48.0 Å². The lowest BCUT2D eigenvalue weighted by Crippen LogP contribution is -2.26. The molecule has 0 spiro atoms. The monoisotopic (exact) mass is 273 g/mol. The molecule has 0 saturated carbocycles. The Hall–Kier alpha value is -1.80. The van der Waals surface area contributed by atoms with E-state index in [0.717, 1.165) is 11.1 Å². The van der Waals surface area contributed by atoms with Crippen LogP contribution in [0.2, 0.25) is 5.02 Å². The fraction of sp³-hybridized carbons (Fsp3) is 0.188. The molecule has 19 heavy (non-hydrogen) atoms. The van der Waals surface area contributed by atoms with Crippen molar-refractivity contribution in [3.63, 3.8) is 0 Å². The normalized spacial score (nSPS) is 11.9. The molecule has 0 radical (unpaired) electrons. The highest BCUT2D eigenvalue weighted by atomic mass is 35.5. The molecule has 0 aromatic heterocycles. The zero-order chi connectivity index (χ0) is 13.8. The van der Waals surface area contributed by atoms with Crippen molar-refractivity contribution in [1.82, 2.24) is 5.32 Å². The van der Waals surface area contributed by atoms with Gasteiger partial charge in [0.25, 0.3) is 5.91 Å². The van der Waals surface area contributed by atoms with Crippen molar-refractivity contribution in [2.45, 2.75) is 19.9 Å². The topological polar surface area (TPSA) is 29.1 Å². The van der Waals surface area contributed by atoms with Gasteiger partial charge in [0.15, 0.2) is 0 Å². The van der Waals surface area contributed by atoms with E-state index in [1.165, 1.54) is 0 Å². The standard InChI is InChI=1S/C16H16ClNO/c1-11-8-9-14(10-15(11)17)16(19)18-12(2)13-6-4-3-5-7-13/h3-10,12H,1-2H3,(H,18,19)/t12-/m0/s1. The largest absolute Gasteiger partial charge is 0.346 e. The average molecular weight is 274 g/mol. The number of halogens is 1. The molecule has 2 aromatic carbocycles. The minimum Gasteiger partial charge on any atom is -0.346 e. The summed E-state index contributed by atoms with van der Waals surface area (Å²) < 4.78 is 0. The number of carbonyl (C=O) groups excluding carboxylic acids is 1. The summed E-state index contributed by atoms with van der Waals surface area (Å²) in [6.45, 7) is 3.87. The maximum atomic E-state index is 12.1. The van der Waals surface area contributed by atoms with Gasteiger partial charge in [-0.2, -0.15) is 0 Å². The molecule has 0 aliphatic heterocycles. The van der Waals surface area contributed by atoms with Crippen LogP contribution in [0.4, 0.5) is 0 Å². The van der Waals surface area contributed by atoms with Crippen LogP contribution in [0.25, 0.3) is 0 Å². The van der Waals surface area contributed by atoms with Crippen molar-refractivity contribution in [3.05, 3.63) is 70.2 Å². The van der Waals surface area contributed by atoms with Crippen LogP contribution in [0.15, 0.2) is 48.5 Å². The van der Waals surface area contributed by atoms with E-state index in [1.807, 2.05) is 50.2 Å². The van der Waals surface area contributed by atoms with Crippen LogP contribution in [0, 0.1) is 6.92 Å². The minimum atomic E-state index is -0.113. The molecule has 2 nitrogen and oxygen atoms in total. The Morgan fingerprint density at radius 1 is 1.16 bits per heavy atom. The minimum absolute atomic E-state index is 0.0335. The molecule has 1 atom stereocenters. The molecule has 0 aliphatic carbocycles. The second-order valence-corrected chi connectivity index (χ2v) is 4.98. The molecular weight excluding hydrogens is 258 g/mol. The molecule has 98 valence electrons. The molecule has 0 saturated heterocycles. The van der Waals surface area contributed by atoms with Crippen LogP contribution in [0.5, 0.6) is 0 Å². The third-order valence-electron chi connectivity index (χ3n) is 3.08. The predicted molar refractivity (Wildman–Crippen MR) is 78.5 cm³/mol. The van der Waals surface area contributed by atoms with Crippen molar-refractivity contribution in [2.75, 3.05) is 0 Å². The van der Waals surface area contributed by atoms with Gasteiger partial charge in [0.1, 0.15) is 0 Å². The fourth-order valence-corrected chi connectivity index (χ4v) is 2.02. The molecule has 1 amide bonds. The van der Waals surface area contributed by atoms with E-state index in [4.69, 9.17) is 11.6 Å². The second kappa shape index (κ2) is 5.89. The van der Waals surface area contributed by atoms with Crippen molar-refractivity contribution < 1.29 is 4.79 Å². The summed E-state index contributed by atoms with van der Waals surface area (Å²) in [6.07, 6.45) is 0. The highest BCUT2D eigenvalue weighted by Crippen LogP contribution is 2.18. The number of amides is 1. The van der Waals surface area contributed by atoms with Gasteiger partial charge >= 0.3 is 0 Å². The smallest absolute Gasteiger partial charge is 0.251 e. The maximum Gasteiger partial charge on any atom is 0.251 e. The maximum absolute atomic E-state index is 12.1. The summed E-state index contributed by atoms with van der Waals surface area (Å²) >= 11 is 6.03. The Morgan fingerprint density at radius 2 is 1.84 bits per heavy atom. The molecule has 1 N–H and O–H groups in total. The molecule has 2 aromatic rings. The quantitative estimate of drug-likeness (QED) is 0.895. The van der Waals surface area contributed by atoms with Crippen LogP contribution < -0.4 is 5.32 Å². The van der Waals surface area contributed by atoms with Crippen LogP contribution in [-0.2, 0) is 0 Å². The van der Waals surface area contributed by atoms with Crippen LogP contribution in [0.3, 0.4) is 0 Å². The van der Waals surface area contributed by atoms with Gasteiger partial charge in [0, 0.05) is 10.6 Å². The van der Waals surface area contributed by atoms with Crippen LogP contribution in [0.1, 0.15) is 34.5 Å². The van der Waals surface area contributed by atoms with E-state index in [2.05, 4.69) is 5.32 Å². The summed E-state index contributed by atoms with van der Waals surface area (Å²) in [4.78, 5) is 12.1. The lowest BCUT2D eigenvalue weighted by atomic mass is 10.1. The molecule has 0 unspecified atom stereocenters. The number of aryl methyl sites for hydroxylation is 1. The van der Waals surface area contributed by atoms with Gasteiger partial charge in [0.05, 0.1) is 6.04 Å². The molecule has 0 fully saturated rings. The number of hydrogen-bond donors (Lipinski definition) is 1. The Labute approximate surface area is 118 Å². The van der Waals surface area contributed by atoms with E-state index in [0.29, 0.717) is 10.6 Å². The zero-order valence-corrected chi connectivity index (χ0v) is 11.7. The average Bonchev–Trinajstić information content (AvgIpc) is 2.42. The highest BCUT2D eigenvalue weighted by Gasteiger charge is 2.11. The van der Waals surface area contributed by atoms with Gasteiger partial charge in [-0.15, -0.1) is 0 Å². The van der Waals surface area contributed by atoms with E-state index in [1.54, 1.807) is 12.1 Å². The lowest BCUT2D eigenvalue weighted by Gasteiger charge is -2.14. The number of benzene rings is 2. The molecule has 0 bridgehead atoms. The molecule has 0 aliphatic rings. The van der Waals surface area contributed by atoms with E-state index >= 15 is 0 Å². The Morgan fingerprint density at radius 3 is 2.47 bits per heavy atom. The number of carbonyl (C=O) groups is 1. The van der Waals surface area contributed by atoms with Crippen LogP contribution >= 0.6 is 11.6 Å². The summed E-state index contributed by atoms with van der Waals surface area (Å²) in [7, 11) is 0. The summed E-state index contributed by atoms with van der Waals surface area (Å²) in [5.41, 5.74) is 2.63. The van der Waals surface area contributed by atoms with Crippen LogP contribution in [-0.4, -0.2) is 5.91 Å². The SMILES string of the molecule is Cc1ccc(C(=O)N[C@@H](C)c2ccccc2)cc1Cl. The summed E-state index contributed by atoms with van der Waals surface area (Å²) in [5.74, 6) is -0.113. The van der Waals surface area contributed by atoms with E-state index < -0.39 is 0 Å². The van der Waals surface area contributed by atoms with Crippen molar-refractivity contribution in [1.29, 1.82) is 0 Å². The molecule has 0 heterocycles. The Balaban J connectivity index is 2.11. The number of nitrogens with one attached hydrogen (secondary N) is 1. The number of rotatable bonds is 3. The first kappa shape index (κ1) is 13.6. The summed E-state index contributed by atoms with van der Waals surface area (Å²) in [5, 5.41) is 3.57. The van der Waals surface area contributed by atoms with Crippen molar-refractivity contribution in [2.24, 2.45) is 0 Å². The predicted octanol–water partition coefficient (Wildman–Crippen LogP) is 4.14. The molecule has 2 rings (SSSR count). The molecular formula is C16H16ClNO. The first-order chi connectivity index (χ1) is 9.08. The second-order valence-electron chi connectivity index (χ2n) is 4.57. The van der Waals surface area contributed by atoms with E-state index in [9.17, 15) is 4.79 Å². The first-order valence-corrected chi connectivity index (χ1v) is 6.57. The van der Waals surface area contributed by atoms with Crippen molar-refractivity contribution >= 4 is 17.5 Å².